The van der Waals surface area contributed by atoms with E-state index in [1.165, 1.54) is 6.07 Å². The maximum Gasteiger partial charge on any atom is 0.280 e. The third-order valence-corrected chi connectivity index (χ3v) is 2.42. The molecule has 2 heterocycles. The van der Waals surface area contributed by atoms with Gasteiger partial charge in [-0.15, -0.1) is 0 Å². The molecule has 0 radical (unpaired) electrons. The number of hydrogen-bond donors (Lipinski definition) is 0. The van der Waals surface area contributed by atoms with Crippen molar-refractivity contribution in [2.75, 3.05) is 0 Å². The Balaban J connectivity index is 2.47. The minimum atomic E-state index is -3.00. The second-order valence-corrected chi connectivity index (χ2v) is 3.66. The first-order chi connectivity index (χ1) is 8.99. The first-order valence-electron chi connectivity index (χ1n) is 5.17. The van der Waals surface area contributed by atoms with Gasteiger partial charge in [-0.05, 0) is 18.2 Å². The monoisotopic (exact) mass is 274 g/mol. The van der Waals surface area contributed by atoms with Crippen LogP contribution in [0.5, 0.6) is 0 Å². The minimum absolute atomic E-state index is 0.0130. The van der Waals surface area contributed by atoms with Crippen LogP contribution in [0.1, 0.15) is 24.1 Å². The Morgan fingerprint density at radius 1 is 0.947 bits per heavy atom. The Bertz CT molecular complexity index is 586. The normalized spacial score (nSPS) is 11.3. The summed E-state index contributed by atoms with van der Waals surface area (Å²) < 4.78 is 63.1. The summed E-state index contributed by atoms with van der Waals surface area (Å²) in [6, 6.07) is 3.20. The lowest BCUT2D eigenvalue weighted by Crippen LogP contribution is -1.96. The maximum absolute atomic E-state index is 13.1. The molecule has 100 valence electrons. The fourth-order valence-electron chi connectivity index (χ4n) is 1.51. The summed E-state index contributed by atoms with van der Waals surface area (Å²) in [5, 5.41) is 0. The van der Waals surface area contributed by atoms with E-state index in [1.807, 2.05) is 0 Å². The van der Waals surface area contributed by atoms with Crippen LogP contribution in [0, 0.1) is 5.82 Å². The minimum Gasteiger partial charge on any atom is -0.255 e. The highest BCUT2D eigenvalue weighted by Crippen LogP contribution is 2.27. The van der Waals surface area contributed by atoms with E-state index in [0.29, 0.717) is 6.20 Å². The van der Waals surface area contributed by atoms with E-state index in [0.717, 1.165) is 18.3 Å². The summed E-state index contributed by atoms with van der Waals surface area (Å²) >= 11 is 0. The quantitative estimate of drug-likeness (QED) is 0.785. The smallest absolute Gasteiger partial charge is 0.255 e. The molecule has 0 bridgehead atoms. The highest BCUT2D eigenvalue weighted by atomic mass is 19.3. The van der Waals surface area contributed by atoms with Gasteiger partial charge in [-0.25, -0.2) is 22.0 Å². The molecule has 19 heavy (non-hydrogen) atoms. The van der Waals surface area contributed by atoms with Crippen LogP contribution in [0.25, 0.3) is 11.3 Å². The molecule has 0 N–H and O–H groups in total. The average Bonchev–Trinajstić information content (AvgIpc) is 2.39. The van der Waals surface area contributed by atoms with Crippen LogP contribution in [-0.4, -0.2) is 9.97 Å². The van der Waals surface area contributed by atoms with Crippen molar-refractivity contribution in [3.8, 4) is 11.3 Å². The summed E-state index contributed by atoms with van der Waals surface area (Å²) in [6.45, 7) is 0. The summed E-state index contributed by atoms with van der Waals surface area (Å²) in [6.07, 6.45) is -4.03. The molecule has 0 fully saturated rings. The van der Waals surface area contributed by atoms with Crippen LogP contribution in [0.15, 0.2) is 30.6 Å². The maximum atomic E-state index is 13.1. The predicted molar refractivity (Wildman–Crippen MR) is 57.3 cm³/mol. The van der Waals surface area contributed by atoms with Crippen molar-refractivity contribution >= 4 is 0 Å². The summed E-state index contributed by atoms with van der Waals surface area (Å²) in [5.41, 5.74) is -1.16. The third-order valence-electron chi connectivity index (χ3n) is 2.42. The summed E-state index contributed by atoms with van der Waals surface area (Å²) in [7, 11) is 0. The van der Waals surface area contributed by atoms with Crippen molar-refractivity contribution in [1.82, 2.24) is 9.97 Å². The second-order valence-electron chi connectivity index (χ2n) is 3.66. The largest absolute Gasteiger partial charge is 0.280 e. The van der Waals surface area contributed by atoms with Crippen molar-refractivity contribution in [3.05, 3.63) is 47.7 Å². The molecule has 0 aliphatic rings. The molecule has 2 aromatic heterocycles. The van der Waals surface area contributed by atoms with Gasteiger partial charge in [0.15, 0.2) is 0 Å². The molecular weight excluding hydrogens is 267 g/mol. The van der Waals surface area contributed by atoms with E-state index in [1.54, 1.807) is 0 Å². The second kappa shape index (κ2) is 5.29. The molecule has 0 aromatic carbocycles. The van der Waals surface area contributed by atoms with E-state index in [2.05, 4.69) is 9.97 Å². The zero-order chi connectivity index (χ0) is 14.0. The predicted octanol–water partition coefficient (Wildman–Crippen LogP) is 4.16. The Morgan fingerprint density at radius 3 is 2.32 bits per heavy atom. The molecule has 0 saturated heterocycles. The number of aromatic nitrogens is 2. The zero-order valence-corrected chi connectivity index (χ0v) is 9.33. The number of rotatable bonds is 3. The Hall–Kier alpha value is -2.05. The van der Waals surface area contributed by atoms with E-state index in [9.17, 15) is 22.0 Å². The van der Waals surface area contributed by atoms with Crippen LogP contribution < -0.4 is 0 Å². The molecule has 2 rings (SSSR count). The summed E-state index contributed by atoms with van der Waals surface area (Å²) in [4.78, 5) is 7.05. The van der Waals surface area contributed by atoms with Gasteiger partial charge >= 0.3 is 0 Å². The fraction of sp³-hybridized carbons (Fsp3) is 0.167. The zero-order valence-electron chi connectivity index (χ0n) is 9.33. The van der Waals surface area contributed by atoms with Gasteiger partial charge < -0.3 is 0 Å². The van der Waals surface area contributed by atoms with Crippen LogP contribution in [0.2, 0.25) is 0 Å². The SMILES string of the molecule is Fc1cnc(-c2ccnc(C(F)F)c2)cc1C(F)F. The number of hydrogen-bond acceptors (Lipinski definition) is 2. The lowest BCUT2D eigenvalue weighted by atomic mass is 10.1. The first kappa shape index (κ1) is 13.4. The Labute approximate surface area is 104 Å². The number of halogens is 5. The number of nitrogens with zero attached hydrogens (tertiary/aromatic N) is 2. The van der Waals surface area contributed by atoms with Crippen LogP contribution in [0.3, 0.4) is 0 Å². The molecule has 2 nitrogen and oxygen atoms in total. The topological polar surface area (TPSA) is 25.8 Å². The Morgan fingerprint density at radius 2 is 1.68 bits per heavy atom. The molecule has 0 amide bonds. The summed E-state index contributed by atoms with van der Waals surface area (Å²) in [5.74, 6) is -1.14. The molecule has 2 aromatic rings. The molecule has 0 aliphatic heterocycles. The van der Waals surface area contributed by atoms with E-state index < -0.39 is 29.9 Å². The highest BCUT2D eigenvalue weighted by molar-refractivity contribution is 5.60. The fourth-order valence-corrected chi connectivity index (χ4v) is 1.51. The third kappa shape index (κ3) is 2.86. The molecule has 0 atom stereocenters. The first-order valence-corrected chi connectivity index (χ1v) is 5.17. The molecule has 0 saturated carbocycles. The number of alkyl halides is 4. The van der Waals surface area contributed by atoms with Gasteiger partial charge in [0, 0.05) is 11.8 Å². The van der Waals surface area contributed by atoms with Gasteiger partial charge in [0.25, 0.3) is 12.9 Å². The van der Waals surface area contributed by atoms with Crippen molar-refractivity contribution in [2.24, 2.45) is 0 Å². The molecule has 7 heteroatoms. The average molecular weight is 274 g/mol. The van der Waals surface area contributed by atoms with Crippen LogP contribution in [0.4, 0.5) is 22.0 Å². The lowest BCUT2D eigenvalue weighted by molar-refractivity contribution is 0.145. The van der Waals surface area contributed by atoms with Gasteiger partial charge in [0.05, 0.1) is 17.5 Å². The highest BCUT2D eigenvalue weighted by Gasteiger charge is 2.16. The van der Waals surface area contributed by atoms with E-state index in [-0.39, 0.29) is 11.3 Å². The van der Waals surface area contributed by atoms with Crippen molar-refractivity contribution in [3.63, 3.8) is 0 Å². The standard InChI is InChI=1S/C12H7F5N2/c13-8-5-19-9(4-7(8)11(14)15)6-1-2-18-10(3-6)12(16)17/h1-5,11-12H. The van der Waals surface area contributed by atoms with Gasteiger partial charge in [0.2, 0.25) is 0 Å². The van der Waals surface area contributed by atoms with E-state index >= 15 is 0 Å². The van der Waals surface area contributed by atoms with Gasteiger partial charge in [-0.1, -0.05) is 0 Å². The van der Waals surface area contributed by atoms with Crippen molar-refractivity contribution in [1.29, 1.82) is 0 Å². The van der Waals surface area contributed by atoms with Gasteiger partial charge in [0.1, 0.15) is 11.5 Å². The van der Waals surface area contributed by atoms with E-state index in [4.69, 9.17) is 0 Å². The lowest BCUT2D eigenvalue weighted by Gasteiger charge is -2.06. The Kier molecular flexibility index (Phi) is 3.73. The van der Waals surface area contributed by atoms with Crippen molar-refractivity contribution in [2.45, 2.75) is 12.9 Å². The molecule has 0 unspecified atom stereocenters. The number of pyridine rings is 2. The van der Waals surface area contributed by atoms with Gasteiger partial charge in [-0.2, -0.15) is 0 Å². The van der Waals surface area contributed by atoms with Crippen LogP contribution in [-0.2, 0) is 0 Å². The molecular formula is C12H7F5N2. The van der Waals surface area contributed by atoms with Crippen molar-refractivity contribution < 1.29 is 22.0 Å². The molecule has 0 spiro atoms. The van der Waals surface area contributed by atoms with Crippen LogP contribution >= 0.6 is 0 Å². The molecule has 0 aliphatic carbocycles. The van der Waals surface area contributed by atoms with Gasteiger partial charge in [-0.3, -0.25) is 9.97 Å².